The number of nitriles is 1. The minimum Gasteiger partial charge on any atom is -0.375 e. The summed E-state index contributed by atoms with van der Waals surface area (Å²) < 4.78 is 6.10. The van der Waals surface area contributed by atoms with Crippen molar-refractivity contribution in [2.24, 2.45) is 5.73 Å². The highest BCUT2D eigenvalue weighted by atomic mass is 16.5. The molecular formula is C30H32N6O2. The number of amides is 1. The monoisotopic (exact) mass is 508 g/mol. The van der Waals surface area contributed by atoms with E-state index in [1.54, 1.807) is 18.3 Å². The van der Waals surface area contributed by atoms with Crippen LogP contribution in [0.4, 0.5) is 5.82 Å². The first-order chi connectivity index (χ1) is 18.5. The number of rotatable bonds is 11. The SMILES string of the molecule is Cc1cc(CC#N)cc(CNCCCCOC2CN(c3nc4cc(C(N)=O)ccc4c4cnccc34)C2)c1. The third-order valence-corrected chi connectivity index (χ3v) is 6.92. The smallest absolute Gasteiger partial charge is 0.248 e. The van der Waals surface area contributed by atoms with Gasteiger partial charge in [-0.3, -0.25) is 9.78 Å². The van der Waals surface area contributed by atoms with E-state index in [1.165, 1.54) is 11.1 Å². The second kappa shape index (κ2) is 11.5. The number of nitrogens with zero attached hydrogens (tertiary/aromatic N) is 4. The molecule has 0 aliphatic carbocycles. The Balaban J connectivity index is 1.09. The molecule has 4 aromatic rings. The fourth-order valence-corrected chi connectivity index (χ4v) is 5.02. The molecule has 8 heteroatoms. The topological polar surface area (TPSA) is 117 Å². The second-order valence-corrected chi connectivity index (χ2v) is 9.90. The van der Waals surface area contributed by atoms with E-state index in [-0.39, 0.29) is 6.10 Å². The van der Waals surface area contributed by atoms with Gasteiger partial charge in [0.1, 0.15) is 5.82 Å². The zero-order valence-electron chi connectivity index (χ0n) is 21.6. The zero-order valence-corrected chi connectivity index (χ0v) is 21.6. The fraction of sp³-hybridized carbons (Fsp3) is 0.333. The molecule has 1 fully saturated rings. The number of carbonyl (C=O) groups is 1. The Bertz CT molecular complexity index is 1510. The summed E-state index contributed by atoms with van der Waals surface area (Å²) in [6, 6.07) is 15.9. The summed E-state index contributed by atoms with van der Waals surface area (Å²) in [7, 11) is 0. The lowest BCUT2D eigenvalue weighted by Crippen LogP contribution is -2.52. The lowest BCUT2D eigenvalue weighted by atomic mass is 10.0. The molecule has 0 bridgehead atoms. The first-order valence-electron chi connectivity index (χ1n) is 13.0. The van der Waals surface area contributed by atoms with Gasteiger partial charge in [0.15, 0.2) is 0 Å². The average molecular weight is 509 g/mol. The van der Waals surface area contributed by atoms with Crippen molar-refractivity contribution in [1.82, 2.24) is 15.3 Å². The third-order valence-electron chi connectivity index (χ3n) is 6.92. The van der Waals surface area contributed by atoms with Crippen molar-refractivity contribution >= 4 is 33.4 Å². The Morgan fingerprint density at radius 3 is 2.79 bits per heavy atom. The maximum atomic E-state index is 11.7. The second-order valence-electron chi connectivity index (χ2n) is 9.90. The first-order valence-corrected chi connectivity index (χ1v) is 13.0. The molecule has 38 heavy (non-hydrogen) atoms. The Hall–Kier alpha value is -4.06. The van der Waals surface area contributed by atoms with Crippen molar-refractivity contribution in [3.63, 3.8) is 0 Å². The summed E-state index contributed by atoms with van der Waals surface area (Å²) in [6.45, 7) is 6.09. The molecule has 1 amide bonds. The van der Waals surface area contributed by atoms with Gasteiger partial charge in [0, 0.05) is 60.4 Å². The number of pyridine rings is 2. The number of primary amides is 1. The van der Waals surface area contributed by atoms with E-state index < -0.39 is 5.91 Å². The molecule has 1 aliphatic heterocycles. The molecule has 2 aromatic heterocycles. The van der Waals surface area contributed by atoms with Crippen molar-refractivity contribution in [3.05, 3.63) is 77.1 Å². The molecule has 0 atom stereocenters. The van der Waals surface area contributed by atoms with Crippen LogP contribution >= 0.6 is 0 Å². The summed E-state index contributed by atoms with van der Waals surface area (Å²) in [6.07, 6.45) is 6.29. The first kappa shape index (κ1) is 25.6. The molecule has 1 saturated heterocycles. The summed E-state index contributed by atoms with van der Waals surface area (Å²) >= 11 is 0. The van der Waals surface area contributed by atoms with E-state index in [0.29, 0.717) is 12.0 Å². The van der Waals surface area contributed by atoms with E-state index in [4.69, 9.17) is 20.7 Å². The van der Waals surface area contributed by atoms with Crippen LogP contribution in [0.25, 0.3) is 21.7 Å². The number of aryl methyl sites for hydroxylation is 1. The highest BCUT2D eigenvalue weighted by Gasteiger charge is 2.30. The predicted molar refractivity (Wildman–Crippen MR) is 149 cm³/mol. The fourth-order valence-electron chi connectivity index (χ4n) is 5.02. The summed E-state index contributed by atoms with van der Waals surface area (Å²) in [5.41, 5.74) is 10.2. The molecule has 2 aromatic carbocycles. The molecule has 0 saturated carbocycles. The average Bonchev–Trinajstić information content (AvgIpc) is 2.88. The van der Waals surface area contributed by atoms with Gasteiger partial charge in [-0.05, 0) is 55.6 Å². The van der Waals surface area contributed by atoms with E-state index in [1.807, 2.05) is 18.3 Å². The van der Waals surface area contributed by atoms with Crippen molar-refractivity contribution in [2.75, 3.05) is 31.1 Å². The van der Waals surface area contributed by atoms with Gasteiger partial charge >= 0.3 is 0 Å². The zero-order chi connectivity index (χ0) is 26.5. The van der Waals surface area contributed by atoms with Crippen LogP contribution in [0.2, 0.25) is 0 Å². The number of hydrogen-bond acceptors (Lipinski definition) is 7. The van der Waals surface area contributed by atoms with Gasteiger partial charge in [0.25, 0.3) is 0 Å². The number of benzene rings is 2. The summed E-state index contributed by atoms with van der Waals surface area (Å²) in [4.78, 5) is 23.1. The van der Waals surface area contributed by atoms with Crippen LogP contribution in [0.1, 0.15) is 39.9 Å². The van der Waals surface area contributed by atoms with Crippen LogP contribution in [0.5, 0.6) is 0 Å². The van der Waals surface area contributed by atoms with Crippen molar-refractivity contribution in [3.8, 4) is 6.07 Å². The molecule has 1 aliphatic rings. The normalized spacial score (nSPS) is 13.5. The van der Waals surface area contributed by atoms with Crippen molar-refractivity contribution in [2.45, 2.75) is 38.8 Å². The van der Waals surface area contributed by atoms with Crippen LogP contribution in [-0.2, 0) is 17.7 Å². The predicted octanol–water partition coefficient (Wildman–Crippen LogP) is 4.03. The molecule has 3 N–H and O–H groups in total. The number of unbranched alkanes of at least 4 members (excludes halogenated alkanes) is 1. The van der Waals surface area contributed by atoms with E-state index in [2.05, 4.69) is 46.4 Å². The third kappa shape index (κ3) is 5.75. The molecule has 5 rings (SSSR count). The van der Waals surface area contributed by atoms with Crippen LogP contribution in [0, 0.1) is 18.3 Å². The van der Waals surface area contributed by atoms with Crippen LogP contribution < -0.4 is 16.0 Å². The minimum atomic E-state index is -0.464. The molecular weight excluding hydrogens is 476 g/mol. The molecule has 0 spiro atoms. The van der Waals surface area contributed by atoms with Crippen LogP contribution in [0.3, 0.4) is 0 Å². The van der Waals surface area contributed by atoms with Crippen molar-refractivity contribution in [1.29, 1.82) is 5.26 Å². The van der Waals surface area contributed by atoms with Gasteiger partial charge in [0.05, 0.1) is 24.1 Å². The number of carbonyl (C=O) groups excluding carboxylic acids is 1. The molecule has 194 valence electrons. The summed E-state index contributed by atoms with van der Waals surface area (Å²) in [5.74, 6) is 0.420. The van der Waals surface area contributed by atoms with Gasteiger partial charge in [-0.1, -0.05) is 29.8 Å². The van der Waals surface area contributed by atoms with Gasteiger partial charge < -0.3 is 20.7 Å². The maximum Gasteiger partial charge on any atom is 0.248 e. The number of nitrogens with two attached hydrogens (primary N) is 1. The van der Waals surface area contributed by atoms with Gasteiger partial charge in [-0.25, -0.2) is 4.98 Å². The van der Waals surface area contributed by atoms with Gasteiger partial charge in [-0.2, -0.15) is 5.26 Å². The molecule has 0 radical (unpaired) electrons. The quantitative estimate of drug-likeness (QED) is 0.232. The minimum absolute atomic E-state index is 0.181. The number of anilines is 1. The van der Waals surface area contributed by atoms with Gasteiger partial charge in [0.2, 0.25) is 5.91 Å². The van der Waals surface area contributed by atoms with Crippen LogP contribution in [0.15, 0.2) is 54.9 Å². The van der Waals surface area contributed by atoms with Crippen molar-refractivity contribution < 1.29 is 9.53 Å². The standard InChI is InChI=1S/C30H32N6O2/c1-20-12-21(6-8-31)14-22(13-20)16-33-9-2-3-11-38-24-18-36(19-24)30-26-7-10-34-17-27(26)25-5-4-23(29(32)37)15-28(25)35-30/h4-5,7,10,12-15,17,24,33H,2-3,6,9,11,16,18-19H2,1H3,(H2,32,37). The highest BCUT2D eigenvalue weighted by molar-refractivity contribution is 6.11. The highest BCUT2D eigenvalue weighted by Crippen LogP contribution is 2.33. The lowest BCUT2D eigenvalue weighted by molar-refractivity contribution is 0.0321. The molecule has 8 nitrogen and oxygen atoms in total. The van der Waals surface area contributed by atoms with E-state index in [0.717, 1.165) is 78.7 Å². The van der Waals surface area contributed by atoms with Crippen LogP contribution in [-0.4, -0.2) is 48.2 Å². The Morgan fingerprint density at radius 1 is 1.13 bits per heavy atom. The Labute approximate surface area is 222 Å². The largest absolute Gasteiger partial charge is 0.375 e. The number of ether oxygens (including phenoxy) is 1. The van der Waals surface area contributed by atoms with Gasteiger partial charge in [-0.15, -0.1) is 0 Å². The summed E-state index contributed by atoms with van der Waals surface area (Å²) in [5, 5.41) is 15.4. The number of fused-ring (bicyclic) bond motifs is 3. The maximum absolute atomic E-state index is 11.7. The Morgan fingerprint density at radius 2 is 1.97 bits per heavy atom. The lowest BCUT2D eigenvalue weighted by Gasteiger charge is -2.40. The molecule has 0 unspecified atom stereocenters. The molecule has 3 heterocycles. The Kier molecular flexibility index (Phi) is 7.78. The van der Waals surface area contributed by atoms with E-state index >= 15 is 0 Å². The van der Waals surface area contributed by atoms with E-state index in [9.17, 15) is 4.79 Å². The number of nitrogens with one attached hydrogen (secondary N) is 1. The number of hydrogen-bond donors (Lipinski definition) is 2. The number of aromatic nitrogens is 2.